The number of nitrogens with zero attached hydrogens (tertiary/aromatic N) is 3. The highest BCUT2D eigenvalue weighted by Gasteiger charge is 2.40. The number of esters is 1. The van der Waals surface area contributed by atoms with E-state index in [0.29, 0.717) is 49.5 Å². The number of likely N-dealkylation sites (tertiary alicyclic amines) is 1. The van der Waals surface area contributed by atoms with E-state index in [-0.39, 0.29) is 11.9 Å². The predicted octanol–water partition coefficient (Wildman–Crippen LogP) is 2.31. The maximum Gasteiger partial charge on any atom is 0.303 e. The van der Waals surface area contributed by atoms with Gasteiger partial charge >= 0.3 is 5.97 Å². The maximum absolute atomic E-state index is 12.8. The van der Waals surface area contributed by atoms with E-state index in [1.165, 1.54) is 19.8 Å². The molecule has 0 N–H and O–H groups in total. The zero-order chi connectivity index (χ0) is 18.3. The Morgan fingerprint density at radius 3 is 2.73 bits per heavy atom. The molecule has 0 bridgehead atoms. The van der Waals surface area contributed by atoms with Crippen molar-refractivity contribution < 1.29 is 19.1 Å². The van der Waals surface area contributed by atoms with Crippen LogP contribution in [0.15, 0.2) is 6.20 Å². The van der Waals surface area contributed by atoms with Gasteiger partial charge in [0.25, 0.3) is 5.91 Å². The van der Waals surface area contributed by atoms with Crippen LogP contribution in [0.2, 0.25) is 0 Å². The molecule has 1 saturated heterocycles. The molecule has 3 fully saturated rings. The van der Waals surface area contributed by atoms with Crippen LogP contribution in [0.1, 0.15) is 68.1 Å². The summed E-state index contributed by atoms with van der Waals surface area (Å²) in [5.41, 5.74) is 0.550. The Morgan fingerprint density at radius 2 is 2.08 bits per heavy atom. The first-order valence-electron chi connectivity index (χ1n) is 9.42. The minimum Gasteiger partial charge on any atom is -0.476 e. The van der Waals surface area contributed by atoms with Crippen LogP contribution in [0.4, 0.5) is 0 Å². The Bertz CT molecular complexity index is 729. The van der Waals surface area contributed by atoms with Gasteiger partial charge in [0.15, 0.2) is 5.69 Å². The molecule has 1 unspecified atom stereocenters. The second-order valence-electron chi connectivity index (χ2n) is 7.99. The Kier molecular flexibility index (Phi) is 4.32. The van der Waals surface area contributed by atoms with Crippen molar-refractivity contribution in [2.75, 3.05) is 19.7 Å². The summed E-state index contributed by atoms with van der Waals surface area (Å²) in [4.78, 5) is 34.8. The van der Waals surface area contributed by atoms with Gasteiger partial charge in [-0.25, -0.2) is 4.98 Å². The molecule has 140 valence electrons. The summed E-state index contributed by atoms with van der Waals surface area (Å²) < 4.78 is 11.3. The summed E-state index contributed by atoms with van der Waals surface area (Å²) in [6, 6.07) is 0. The van der Waals surface area contributed by atoms with Crippen LogP contribution >= 0.6 is 0 Å². The number of amides is 1. The second kappa shape index (κ2) is 6.52. The molecule has 1 aliphatic heterocycles. The molecule has 2 saturated carbocycles. The lowest BCUT2D eigenvalue weighted by atomic mass is 10.1. The summed E-state index contributed by atoms with van der Waals surface area (Å²) in [6.07, 6.45) is 6.79. The van der Waals surface area contributed by atoms with Gasteiger partial charge in [0.2, 0.25) is 5.88 Å². The molecule has 0 radical (unpaired) electrons. The monoisotopic (exact) mass is 359 g/mol. The van der Waals surface area contributed by atoms with Crippen LogP contribution in [0.5, 0.6) is 5.88 Å². The van der Waals surface area contributed by atoms with E-state index in [9.17, 15) is 9.59 Å². The summed E-state index contributed by atoms with van der Waals surface area (Å²) in [5.74, 6) is 1.04. The number of carbonyl (C=O) groups is 2. The first-order valence-corrected chi connectivity index (χ1v) is 9.42. The maximum atomic E-state index is 12.8. The molecular weight excluding hydrogens is 334 g/mol. The van der Waals surface area contributed by atoms with E-state index < -0.39 is 5.60 Å². The normalized spacial score (nSPS) is 25.2. The quantitative estimate of drug-likeness (QED) is 0.725. The van der Waals surface area contributed by atoms with Gasteiger partial charge in [-0.05, 0) is 38.5 Å². The molecule has 0 spiro atoms. The summed E-state index contributed by atoms with van der Waals surface area (Å²) in [6.45, 7) is 4.80. The number of aromatic nitrogens is 2. The van der Waals surface area contributed by atoms with Crippen molar-refractivity contribution in [2.45, 2.75) is 57.5 Å². The van der Waals surface area contributed by atoms with E-state index in [1.54, 1.807) is 11.1 Å². The highest BCUT2D eigenvalue weighted by atomic mass is 16.6. The van der Waals surface area contributed by atoms with Gasteiger partial charge < -0.3 is 14.4 Å². The number of carbonyl (C=O) groups excluding carboxylic acids is 2. The fourth-order valence-corrected chi connectivity index (χ4v) is 3.41. The Morgan fingerprint density at radius 1 is 1.31 bits per heavy atom. The van der Waals surface area contributed by atoms with E-state index in [4.69, 9.17) is 9.47 Å². The Hall–Kier alpha value is -2.18. The fourth-order valence-electron chi connectivity index (χ4n) is 3.41. The van der Waals surface area contributed by atoms with Crippen LogP contribution in [0, 0.1) is 5.92 Å². The van der Waals surface area contributed by atoms with Crippen LogP contribution in [-0.2, 0) is 9.53 Å². The van der Waals surface area contributed by atoms with E-state index in [2.05, 4.69) is 9.97 Å². The average Bonchev–Trinajstić information content (AvgIpc) is 3.50. The molecule has 1 atom stereocenters. The van der Waals surface area contributed by atoms with E-state index in [0.717, 1.165) is 18.5 Å². The molecule has 1 aromatic heterocycles. The minimum absolute atomic E-state index is 0.188. The van der Waals surface area contributed by atoms with Crippen molar-refractivity contribution in [2.24, 2.45) is 5.92 Å². The number of hydrogen-bond acceptors (Lipinski definition) is 6. The molecule has 4 rings (SSSR count). The third-order valence-electron chi connectivity index (χ3n) is 5.22. The highest BCUT2D eigenvalue weighted by molar-refractivity contribution is 5.92. The molecule has 0 aromatic carbocycles. The smallest absolute Gasteiger partial charge is 0.303 e. The summed E-state index contributed by atoms with van der Waals surface area (Å²) >= 11 is 0. The third-order valence-corrected chi connectivity index (χ3v) is 5.22. The molecule has 2 aliphatic carbocycles. The van der Waals surface area contributed by atoms with Crippen LogP contribution < -0.4 is 4.74 Å². The van der Waals surface area contributed by atoms with Gasteiger partial charge in [-0.2, -0.15) is 0 Å². The molecule has 7 nitrogen and oxygen atoms in total. The lowest BCUT2D eigenvalue weighted by molar-refractivity contribution is -0.153. The zero-order valence-corrected chi connectivity index (χ0v) is 15.4. The molecule has 2 heterocycles. The van der Waals surface area contributed by atoms with Crippen molar-refractivity contribution in [3.05, 3.63) is 17.6 Å². The van der Waals surface area contributed by atoms with Gasteiger partial charge in [-0.1, -0.05) is 0 Å². The Balaban J connectivity index is 1.48. The van der Waals surface area contributed by atoms with Crippen molar-refractivity contribution in [3.8, 4) is 5.88 Å². The summed E-state index contributed by atoms with van der Waals surface area (Å²) in [5, 5.41) is 0. The number of rotatable bonds is 6. The molecule has 26 heavy (non-hydrogen) atoms. The Labute approximate surface area is 153 Å². The number of ether oxygens (including phenoxy) is 2. The lowest BCUT2D eigenvalue weighted by Gasteiger charge is -2.24. The van der Waals surface area contributed by atoms with Crippen LogP contribution in [0.25, 0.3) is 0 Å². The SMILES string of the molecule is CC(=O)OC1(C)CCN(C(=O)c2cnc(C3CC3)c(OCC3CC3)n2)C1. The predicted molar refractivity (Wildman–Crippen MR) is 92.9 cm³/mol. The molecule has 1 aromatic rings. The number of hydrogen-bond donors (Lipinski definition) is 0. The van der Waals surface area contributed by atoms with Crippen molar-refractivity contribution in [1.29, 1.82) is 0 Å². The van der Waals surface area contributed by atoms with Crippen molar-refractivity contribution >= 4 is 11.9 Å². The van der Waals surface area contributed by atoms with Crippen LogP contribution in [0.3, 0.4) is 0 Å². The van der Waals surface area contributed by atoms with E-state index in [1.807, 2.05) is 6.92 Å². The molecular formula is C19H25N3O4. The standard InChI is InChI=1S/C19H25N3O4/c1-12(23)26-19(2)7-8-22(11-19)18(24)15-9-20-16(14-5-6-14)17(21-15)25-10-13-3-4-13/h9,13-14H,3-8,10-11H2,1-2H3. The van der Waals surface area contributed by atoms with Gasteiger partial charge in [0.05, 0.1) is 19.3 Å². The minimum atomic E-state index is -0.631. The van der Waals surface area contributed by atoms with Crippen molar-refractivity contribution in [1.82, 2.24) is 14.9 Å². The van der Waals surface area contributed by atoms with Gasteiger partial charge in [0.1, 0.15) is 11.3 Å². The molecule has 7 heteroatoms. The zero-order valence-electron chi connectivity index (χ0n) is 15.4. The fraction of sp³-hybridized carbons (Fsp3) is 0.684. The second-order valence-corrected chi connectivity index (χ2v) is 7.99. The lowest BCUT2D eigenvalue weighted by Crippen LogP contribution is -2.37. The topological polar surface area (TPSA) is 81.6 Å². The van der Waals surface area contributed by atoms with Gasteiger partial charge in [0, 0.05) is 25.8 Å². The van der Waals surface area contributed by atoms with E-state index >= 15 is 0 Å². The van der Waals surface area contributed by atoms with Gasteiger partial charge in [-0.3, -0.25) is 14.6 Å². The first-order chi connectivity index (χ1) is 12.4. The summed E-state index contributed by atoms with van der Waals surface area (Å²) in [7, 11) is 0. The van der Waals surface area contributed by atoms with Crippen molar-refractivity contribution in [3.63, 3.8) is 0 Å². The molecule has 3 aliphatic rings. The average molecular weight is 359 g/mol. The first kappa shape index (κ1) is 17.2. The van der Waals surface area contributed by atoms with Gasteiger partial charge in [-0.15, -0.1) is 0 Å². The third kappa shape index (κ3) is 3.81. The largest absolute Gasteiger partial charge is 0.476 e. The highest BCUT2D eigenvalue weighted by Crippen LogP contribution is 2.43. The van der Waals surface area contributed by atoms with Crippen LogP contribution in [-0.4, -0.2) is 52.0 Å². The molecule has 1 amide bonds.